The van der Waals surface area contributed by atoms with Crippen molar-refractivity contribution in [1.82, 2.24) is 10.2 Å². The number of amides is 1. The van der Waals surface area contributed by atoms with Crippen LogP contribution in [0.3, 0.4) is 0 Å². The predicted molar refractivity (Wildman–Crippen MR) is 112 cm³/mol. The lowest BCUT2D eigenvalue weighted by atomic mass is 9.82. The first kappa shape index (κ1) is 20.5. The average Bonchev–Trinajstić information content (AvgIpc) is 3.35. The standard InChI is InChI=1S/C22H24N4O6/c1-9-6-11(27)4-5-13(9)24-16-10(2)18(28)17-15(19(16)29)12(8-32-21(23)30)22(31-3)20-14(25-20)7-26(17)22/h4-6,12,14,20,24-25,27H,7-8H2,1-3H3,(H2,23,30)/t12-,14+,20+,22?/m0/s1. The SMILES string of the molecule is COC12[C@@H]3N[C@@H]3CN1C1=C(C(=O)C(Nc3ccc(O)cc3C)=C(C)C1=O)[C@@H]2COC(N)=O. The number of hydrogen-bond donors (Lipinski definition) is 4. The summed E-state index contributed by atoms with van der Waals surface area (Å²) in [6, 6.07) is 4.73. The van der Waals surface area contributed by atoms with Gasteiger partial charge in [0.25, 0.3) is 0 Å². The fraction of sp³-hybridized carbons (Fsp3) is 0.409. The number of aryl methyl sites for hydroxylation is 1. The second-order valence-corrected chi connectivity index (χ2v) is 8.54. The summed E-state index contributed by atoms with van der Waals surface area (Å²) in [5, 5.41) is 16.1. The molecule has 10 nitrogen and oxygen atoms in total. The highest BCUT2D eigenvalue weighted by molar-refractivity contribution is 6.26. The molecule has 0 spiro atoms. The number of fused-ring (bicyclic) bond motifs is 4. The molecule has 1 unspecified atom stereocenters. The van der Waals surface area contributed by atoms with Gasteiger partial charge in [0.2, 0.25) is 11.6 Å². The first-order valence-corrected chi connectivity index (χ1v) is 10.3. The minimum atomic E-state index is -1.01. The van der Waals surface area contributed by atoms with E-state index in [1.54, 1.807) is 26.0 Å². The minimum absolute atomic E-state index is 0.100. The van der Waals surface area contributed by atoms with Gasteiger partial charge in [0.05, 0.1) is 23.4 Å². The minimum Gasteiger partial charge on any atom is -0.508 e. The quantitative estimate of drug-likeness (QED) is 0.291. The van der Waals surface area contributed by atoms with Crippen LogP contribution in [0.4, 0.5) is 10.5 Å². The van der Waals surface area contributed by atoms with Crippen molar-refractivity contribution >= 4 is 23.3 Å². The lowest BCUT2D eigenvalue weighted by molar-refractivity contribution is -0.137. The van der Waals surface area contributed by atoms with Gasteiger partial charge in [-0.2, -0.15) is 0 Å². The number of Topliss-reactive ketones (excluding diaryl/α,β-unsaturated/α-hetero) is 2. The van der Waals surface area contributed by atoms with Gasteiger partial charge in [-0.3, -0.25) is 9.59 Å². The summed E-state index contributed by atoms with van der Waals surface area (Å²) in [7, 11) is 1.53. The van der Waals surface area contributed by atoms with E-state index in [0.29, 0.717) is 23.5 Å². The fourth-order valence-electron chi connectivity index (χ4n) is 5.36. The third-order valence-electron chi connectivity index (χ3n) is 6.90. The summed E-state index contributed by atoms with van der Waals surface area (Å²) in [5.74, 6) is -1.22. The van der Waals surface area contributed by atoms with Crippen molar-refractivity contribution in [2.24, 2.45) is 11.7 Å². The average molecular weight is 440 g/mol. The first-order chi connectivity index (χ1) is 15.2. The molecule has 32 heavy (non-hydrogen) atoms. The molecule has 1 aromatic rings. The third kappa shape index (κ3) is 2.63. The normalized spacial score (nSPS) is 30.3. The molecule has 4 aliphatic rings. The van der Waals surface area contributed by atoms with Crippen LogP contribution in [-0.2, 0) is 19.1 Å². The number of hydrogen-bond acceptors (Lipinski definition) is 9. The molecule has 4 atom stereocenters. The molecule has 1 aromatic carbocycles. The zero-order chi connectivity index (χ0) is 22.9. The number of ketones is 2. The Bertz CT molecular complexity index is 1140. The molecule has 168 valence electrons. The van der Waals surface area contributed by atoms with Gasteiger partial charge in [-0.25, -0.2) is 4.79 Å². The predicted octanol–water partition coefficient (Wildman–Crippen LogP) is 0.516. The van der Waals surface area contributed by atoms with E-state index in [9.17, 15) is 19.5 Å². The van der Waals surface area contributed by atoms with Crippen LogP contribution in [-0.4, -0.2) is 65.7 Å². The maximum absolute atomic E-state index is 13.8. The number of nitrogens with zero attached hydrogens (tertiary/aromatic N) is 1. The number of ether oxygens (including phenoxy) is 2. The maximum atomic E-state index is 13.8. The van der Waals surface area contributed by atoms with E-state index in [2.05, 4.69) is 10.6 Å². The Hall–Kier alpha value is -3.37. The van der Waals surface area contributed by atoms with E-state index >= 15 is 0 Å². The molecule has 3 aliphatic heterocycles. The number of methoxy groups -OCH3 is 1. The number of primary amides is 1. The van der Waals surface area contributed by atoms with E-state index in [-0.39, 0.29) is 52.8 Å². The molecule has 3 heterocycles. The van der Waals surface area contributed by atoms with Crippen molar-refractivity contribution in [3.63, 3.8) is 0 Å². The van der Waals surface area contributed by atoms with Crippen LogP contribution in [0, 0.1) is 12.8 Å². The van der Waals surface area contributed by atoms with E-state index in [4.69, 9.17) is 15.2 Å². The summed E-state index contributed by atoms with van der Waals surface area (Å²) in [6.45, 7) is 3.72. The molecule has 5 N–H and O–H groups in total. The summed E-state index contributed by atoms with van der Waals surface area (Å²) >= 11 is 0. The molecule has 0 aromatic heterocycles. The molecule has 1 amide bonds. The van der Waals surface area contributed by atoms with Crippen molar-refractivity contribution < 1.29 is 29.0 Å². The number of carbonyl (C=O) groups is 3. The van der Waals surface area contributed by atoms with Crippen molar-refractivity contribution in [2.75, 3.05) is 25.6 Å². The Labute approximate surface area is 184 Å². The molecule has 0 saturated carbocycles. The largest absolute Gasteiger partial charge is 0.508 e. The maximum Gasteiger partial charge on any atom is 0.404 e. The van der Waals surface area contributed by atoms with Gasteiger partial charge >= 0.3 is 6.09 Å². The highest BCUT2D eigenvalue weighted by Gasteiger charge is 2.72. The topological polar surface area (TPSA) is 153 Å². The Morgan fingerprint density at radius 3 is 2.75 bits per heavy atom. The van der Waals surface area contributed by atoms with Crippen LogP contribution in [0.25, 0.3) is 0 Å². The Morgan fingerprint density at radius 2 is 2.09 bits per heavy atom. The number of rotatable bonds is 5. The lowest BCUT2D eigenvalue weighted by Gasteiger charge is -2.39. The summed E-state index contributed by atoms with van der Waals surface area (Å²) in [6.07, 6.45) is -0.963. The van der Waals surface area contributed by atoms with Gasteiger partial charge < -0.3 is 35.8 Å². The molecule has 0 bridgehead atoms. The Kier molecular flexibility index (Phi) is 4.37. The van der Waals surface area contributed by atoms with E-state index < -0.39 is 17.7 Å². The molecule has 2 fully saturated rings. The van der Waals surface area contributed by atoms with Gasteiger partial charge in [0, 0.05) is 36.5 Å². The molecule has 5 rings (SSSR count). The van der Waals surface area contributed by atoms with Gasteiger partial charge in [-0.15, -0.1) is 0 Å². The summed E-state index contributed by atoms with van der Waals surface area (Å²) in [5.41, 5.74) is 6.50. The van der Waals surface area contributed by atoms with Crippen LogP contribution < -0.4 is 16.4 Å². The second kappa shape index (κ2) is 6.81. The number of benzene rings is 1. The van der Waals surface area contributed by atoms with Crippen molar-refractivity contribution in [3.8, 4) is 5.75 Å². The molecule has 2 saturated heterocycles. The van der Waals surface area contributed by atoms with Crippen LogP contribution >= 0.6 is 0 Å². The number of allylic oxidation sites excluding steroid dienone is 2. The zero-order valence-corrected chi connectivity index (χ0v) is 17.9. The second-order valence-electron chi connectivity index (χ2n) is 8.54. The van der Waals surface area contributed by atoms with Crippen molar-refractivity contribution in [1.29, 1.82) is 0 Å². The first-order valence-electron chi connectivity index (χ1n) is 10.3. The number of phenolic OH excluding ortho intramolecular Hbond substituents is 1. The Morgan fingerprint density at radius 1 is 1.34 bits per heavy atom. The smallest absolute Gasteiger partial charge is 0.404 e. The van der Waals surface area contributed by atoms with Crippen LogP contribution in [0.15, 0.2) is 40.7 Å². The molecule has 10 heteroatoms. The summed E-state index contributed by atoms with van der Waals surface area (Å²) < 4.78 is 11.1. The van der Waals surface area contributed by atoms with Crippen molar-refractivity contribution in [2.45, 2.75) is 31.7 Å². The van der Waals surface area contributed by atoms with Gasteiger partial charge in [0.1, 0.15) is 12.4 Å². The number of piperazine rings is 1. The molecular weight excluding hydrogens is 416 g/mol. The zero-order valence-electron chi connectivity index (χ0n) is 17.9. The highest BCUT2D eigenvalue weighted by atomic mass is 16.6. The van der Waals surface area contributed by atoms with Crippen LogP contribution in [0.2, 0.25) is 0 Å². The van der Waals surface area contributed by atoms with Gasteiger partial charge in [-0.1, -0.05) is 0 Å². The number of nitrogens with two attached hydrogens (primary N) is 1. The molecular formula is C22H24N4O6. The van der Waals surface area contributed by atoms with Crippen molar-refractivity contribution in [3.05, 3.63) is 46.3 Å². The van der Waals surface area contributed by atoms with Gasteiger partial charge in [0.15, 0.2) is 5.72 Å². The fourth-order valence-corrected chi connectivity index (χ4v) is 5.36. The van der Waals surface area contributed by atoms with E-state index in [0.717, 1.165) is 0 Å². The van der Waals surface area contributed by atoms with Crippen LogP contribution in [0.1, 0.15) is 12.5 Å². The third-order valence-corrected chi connectivity index (χ3v) is 6.90. The number of aromatic hydroxyl groups is 1. The van der Waals surface area contributed by atoms with E-state index in [1.807, 2.05) is 4.90 Å². The summed E-state index contributed by atoms with van der Waals surface area (Å²) in [4.78, 5) is 40.5. The highest BCUT2D eigenvalue weighted by Crippen LogP contribution is 2.55. The number of carbonyl (C=O) groups excluding carboxylic acids is 3. The number of phenols is 1. The number of anilines is 1. The molecule has 1 aliphatic carbocycles. The lowest BCUT2D eigenvalue weighted by Crippen LogP contribution is -2.55. The van der Waals surface area contributed by atoms with Gasteiger partial charge in [-0.05, 0) is 37.6 Å². The van der Waals surface area contributed by atoms with Crippen LogP contribution in [0.5, 0.6) is 5.75 Å². The number of nitrogens with one attached hydrogen (secondary N) is 2. The Balaban J connectivity index is 1.57. The molecule has 0 radical (unpaired) electrons. The monoisotopic (exact) mass is 440 g/mol. The van der Waals surface area contributed by atoms with E-state index in [1.165, 1.54) is 13.2 Å².